The van der Waals surface area contributed by atoms with Crippen LogP contribution in [0.1, 0.15) is 16.1 Å². The average molecular weight is 453 g/mol. The topological polar surface area (TPSA) is 148 Å². The summed E-state index contributed by atoms with van der Waals surface area (Å²) in [6.07, 6.45) is 4.19. The Hall–Kier alpha value is -4.05. The highest BCUT2D eigenvalue weighted by atomic mass is 35.5. The fraction of sp³-hybridized carbons (Fsp3) is 0.0952. The van der Waals surface area contributed by atoms with Crippen molar-refractivity contribution in [2.45, 2.75) is 0 Å². The van der Waals surface area contributed by atoms with Crippen LogP contribution >= 0.6 is 11.6 Å². The Morgan fingerprint density at radius 1 is 1.28 bits per heavy atom. The number of aromatic amines is 1. The number of hydrogen-bond acceptors (Lipinski definition) is 7. The van der Waals surface area contributed by atoms with Gasteiger partial charge in [0.25, 0.3) is 5.91 Å². The van der Waals surface area contributed by atoms with Crippen LogP contribution in [0.2, 0.25) is 5.02 Å². The van der Waals surface area contributed by atoms with Gasteiger partial charge in [-0.3, -0.25) is 14.9 Å². The number of carbonyl (C=O) groups is 1. The molecule has 3 aromatic heterocycles. The van der Waals surface area contributed by atoms with E-state index >= 15 is 0 Å². The number of fused-ring (bicyclic) bond motifs is 1. The van der Waals surface area contributed by atoms with Crippen molar-refractivity contribution in [2.75, 3.05) is 24.6 Å². The van der Waals surface area contributed by atoms with Crippen LogP contribution < -0.4 is 16.8 Å². The number of rotatable bonds is 6. The van der Waals surface area contributed by atoms with Gasteiger partial charge in [-0.05, 0) is 30.3 Å². The highest BCUT2D eigenvalue weighted by Crippen LogP contribution is 2.34. The second kappa shape index (κ2) is 8.98. The molecule has 11 heteroatoms. The van der Waals surface area contributed by atoms with Crippen LogP contribution in [0.3, 0.4) is 0 Å². The van der Waals surface area contributed by atoms with Crippen LogP contribution in [0, 0.1) is 5.82 Å². The number of pyridine rings is 2. The molecule has 0 fully saturated rings. The quantitative estimate of drug-likeness (QED) is 0.261. The summed E-state index contributed by atoms with van der Waals surface area (Å²) in [5, 5.41) is 10.7. The molecular formula is C21H18ClFN8O. The molecule has 3 heterocycles. The van der Waals surface area contributed by atoms with E-state index in [0.29, 0.717) is 21.5 Å². The van der Waals surface area contributed by atoms with Crippen molar-refractivity contribution in [1.29, 1.82) is 0 Å². The first-order valence-electron chi connectivity index (χ1n) is 9.51. The van der Waals surface area contributed by atoms with E-state index in [9.17, 15) is 9.18 Å². The predicted octanol–water partition coefficient (Wildman–Crippen LogP) is 2.83. The van der Waals surface area contributed by atoms with Crippen LogP contribution in [-0.4, -0.2) is 45.4 Å². The van der Waals surface area contributed by atoms with Gasteiger partial charge in [0.15, 0.2) is 0 Å². The summed E-state index contributed by atoms with van der Waals surface area (Å²) in [6.45, 7) is 0.521. The first-order valence-corrected chi connectivity index (χ1v) is 9.89. The predicted molar refractivity (Wildman–Crippen MR) is 122 cm³/mol. The Bertz CT molecular complexity index is 1310. The molecular weight excluding hydrogens is 435 g/mol. The van der Waals surface area contributed by atoms with Crippen molar-refractivity contribution in [3.05, 3.63) is 64.8 Å². The van der Waals surface area contributed by atoms with Crippen LogP contribution in [0.5, 0.6) is 0 Å². The molecule has 1 amide bonds. The van der Waals surface area contributed by atoms with Gasteiger partial charge in [0.05, 0.1) is 34.7 Å². The number of aromatic nitrogens is 4. The molecule has 0 saturated heterocycles. The van der Waals surface area contributed by atoms with Crippen molar-refractivity contribution in [3.8, 4) is 11.3 Å². The van der Waals surface area contributed by atoms with Crippen LogP contribution in [-0.2, 0) is 0 Å². The minimum atomic E-state index is -0.510. The number of amides is 1. The molecule has 162 valence electrons. The molecule has 0 unspecified atom stereocenters. The van der Waals surface area contributed by atoms with Crippen LogP contribution in [0.25, 0.3) is 22.2 Å². The zero-order valence-electron chi connectivity index (χ0n) is 16.6. The van der Waals surface area contributed by atoms with E-state index in [0.717, 1.165) is 17.5 Å². The maximum Gasteiger partial charge on any atom is 0.269 e. The molecule has 0 aliphatic rings. The van der Waals surface area contributed by atoms with Gasteiger partial charge in [0.2, 0.25) is 0 Å². The summed E-state index contributed by atoms with van der Waals surface area (Å²) in [5.74, 6) is -0.756. The third kappa shape index (κ3) is 4.35. The second-order valence-corrected chi connectivity index (χ2v) is 7.20. The lowest BCUT2D eigenvalue weighted by molar-refractivity contribution is 0.0950. The number of nitrogens with two attached hydrogens (primary N) is 2. The van der Waals surface area contributed by atoms with Gasteiger partial charge in [-0.15, -0.1) is 0 Å². The van der Waals surface area contributed by atoms with E-state index in [4.69, 9.17) is 23.1 Å². The van der Waals surface area contributed by atoms with E-state index in [2.05, 4.69) is 30.5 Å². The van der Waals surface area contributed by atoms with Crippen molar-refractivity contribution < 1.29 is 9.18 Å². The number of anilines is 2. The first-order chi connectivity index (χ1) is 15.4. The molecule has 4 rings (SSSR count). The fourth-order valence-electron chi connectivity index (χ4n) is 3.08. The Balaban J connectivity index is 1.52. The first kappa shape index (κ1) is 21.2. The van der Waals surface area contributed by atoms with E-state index in [1.165, 1.54) is 12.1 Å². The largest absolute Gasteiger partial charge is 0.395 e. The molecule has 0 aliphatic heterocycles. The van der Waals surface area contributed by atoms with Crippen LogP contribution in [0.15, 0.2) is 47.7 Å². The molecule has 32 heavy (non-hydrogen) atoms. The number of nitrogen functional groups attached to an aromatic ring is 2. The Labute approximate surface area is 186 Å². The standard InChI is InChI=1S/C21H18ClFN8O/c22-15-7-12-14(10-26-5-6-27-21(32)17-2-1-11(23)9-28-17)19(24)20(25)30-18(12)8-13(15)16-3-4-29-31-16/h1-4,7-10H,5-6,24H2,(H2,25,30)(H,27,32)(H,29,31). The van der Waals surface area contributed by atoms with Gasteiger partial charge in [0, 0.05) is 35.5 Å². The molecule has 0 radical (unpaired) electrons. The maximum absolute atomic E-state index is 12.9. The summed E-state index contributed by atoms with van der Waals surface area (Å²) in [5.41, 5.74) is 15.2. The van der Waals surface area contributed by atoms with Crippen molar-refractivity contribution >= 4 is 46.1 Å². The molecule has 0 atom stereocenters. The van der Waals surface area contributed by atoms with E-state index in [1.54, 1.807) is 30.6 Å². The average Bonchev–Trinajstić information content (AvgIpc) is 3.31. The molecule has 4 aromatic rings. The summed E-state index contributed by atoms with van der Waals surface area (Å²) in [4.78, 5) is 24.4. The fourth-order valence-corrected chi connectivity index (χ4v) is 3.35. The highest BCUT2D eigenvalue weighted by Gasteiger charge is 2.14. The van der Waals surface area contributed by atoms with Crippen molar-refractivity contribution in [2.24, 2.45) is 4.99 Å². The van der Waals surface area contributed by atoms with Gasteiger partial charge < -0.3 is 16.8 Å². The lowest BCUT2D eigenvalue weighted by Gasteiger charge is -2.11. The minimum Gasteiger partial charge on any atom is -0.395 e. The Morgan fingerprint density at radius 3 is 2.84 bits per heavy atom. The Kier molecular flexibility index (Phi) is 5.95. The lowest BCUT2D eigenvalue weighted by atomic mass is 10.0. The smallest absolute Gasteiger partial charge is 0.269 e. The molecule has 1 aromatic carbocycles. The van der Waals surface area contributed by atoms with Gasteiger partial charge in [-0.25, -0.2) is 14.4 Å². The number of nitrogens with one attached hydrogen (secondary N) is 2. The van der Waals surface area contributed by atoms with E-state index in [-0.39, 0.29) is 30.3 Å². The number of aliphatic imine (C=N–C) groups is 1. The monoisotopic (exact) mass is 452 g/mol. The number of H-pyrrole nitrogens is 1. The van der Waals surface area contributed by atoms with Gasteiger partial charge >= 0.3 is 0 Å². The SMILES string of the molecule is Nc1nc2cc(-c3ccn[nH]3)c(Cl)cc2c(C=NCCNC(=O)c2ccc(F)cn2)c1N. The van der Waals surface area contributed by atoms with Gasteiger partial charge in [-0.2, -0.15) is 5.10 Å². The zero-order valence-corrected chi connectivity index (χ0v) is 17.4. The number of carbonyl (C=O) groups excluding carboxylic acids is 1. The normalized spacial score (nSPS) is 11.3. The van der Waals surface area contributed by atoms with Crippen molar-refractivity contribution in [3.63, 3.8) is 0 Å². The number of benzene rings is 1. The summed E-state index contributed by atoms with van der Waals surface area (Å²) >= 11 is 6.48. The minimum absolute atomic E-state index is 0.121. The number of halogens is 2. The lowest BCUT2D eigenvalue weighted by Crippen LogP contribution is -2.26. The molecule has 6 N–H and O–H groups in total. The third-order valence-corrected chi connectivity index (χ3v) is 4.99. The zero-order chi connectivity index (χ0) is 22.7. The summed E-state index contributed by atoms with van der Waals surface area (Å²) in [7, 11) is 0. The molecule has 0 saturated carbocycles. The molecule has 9 nitrogen and oxygen atoms in total. The third-order valence-electron chi connectivity index (χ3n) is 4.68. The van der Waals surface area contributed by atoms with Crippen LogP contribution in [0.4, 0.5) is 15.9 Å². The van der Waals surface area contributed by atoms with E-state index in [1.807, 2.05) is 0 Å². The highest BCUT2D eigenvalue weighted by molar-refractivity contribution is 6.34. The summed E-state index contributed by atoms with van der Waals surface area (Å²) in [6, 6.07) is 7.83. The Morgan fingerprint density at radius 2 is 2.12 bits per heavy atom. The molecule has 0 aliphatic carbocycles. The number of nitrogens with zero attached hydrogens (tertiary/aromatic N) is 4. The molecule has 0 bridgehead atoms. The number of hydrogen-bond donors (Lipinski definition) is 4. The van der Waals surface area contributed by atoms with Crippen molar-refractivity contribution in [1.82, 2.24) is 25.5 Å². The second-order valence-electron chi connectivity index (χ2n) is 6.80. The van der Waals surface area contributed by atoms with E-state index < -0.39 is 11.7 Å². The summed E-state index contributed by atoms with van der Waals surface area (Å²) < 4.78 is 12.9. The van der Waals surface area contributed by atoms with Gasteiger partial charge in [0.1, 0.15) is 17.3 Å². The molecule has 0 spiro atoms. The maximum atomic E-state index is 12.9. The van der Waals surface area contributed by atoms with Gasteiger partial charge in [-0.1, -0.05) is 11.6 Å².